The highest BCUT2D eigenvalue weighted by Gasteiger charge is 2.12. The molecule has 0 unspecified atom stereocenters. The van der Waals surface area contributed by atoms with Crippen LogP contribution >= 0.6 is 0 Å². The number of nitrogens with zero attached hydrogens (tertiary/aromatic N) is 2. The molecule has 1 aromatic rings. The highest BCUT2D eigenvalue weighted by atomic mass is 16.5. The summed E-state index contributed by atoms with van der Waals surface area (Å²) in [5.41, 5.74) is 0. The van der Waals surface area contributed by atoms with Crippen LogP contribution in [0, 0.1) is 6.92 Å². The van der Waals surface area contributed by atoms with Crippen molar-refractivity contribution in [3.63, 3.8) is 0 Å². The molecule has 0 aromatic carbocycles. The van der Waals surface area contributed by atoms with E-state index in [0.29, 0.717) is 17.8 Å². The Morgan fingerprint density at radius 2 is 2.00 bits per heavy atom. The predicted octanol–water partition coefficient (Wildman–Crippen LogP) is 1.44. The molecule has 1 heterocycles. The Morgan fingerprint density at radius 3 is 2.42 bits per heavy atom. The summed E-state index contributed by atoms with van der Waals surface area (Å²) >= 11 is 0. The van der Waals surface area contributed by atoms with Gasteiger partial charge in [0.15, 0.2) is 5.82 Å². The van der Waals surface area contributed by atoms with Gasteiger partial charge in [-0.2, -0.15) is 4.98 Å². The van der Waals surface area contributed by atoms with Gasteiger partial charge >= 0.3 is 0 Å². The first-order valence-corrected chi connectivity index (χ1v) is 4.16. The minimum absolute atomic E-state index is 0.131. The molecule has 0 saturated carbocycles. The lowest BCUT2D eigenvalue weighted by Crippen LogP contribution is -2.26. The Balaban J connectivity index is 2.58. The third-order valence-electron chi connectivity index (χ3n) is 1.50. The molecule has 4 nitrogen and oxygen atoms in total. The van der Waals surface area contributed by atoms with Gasteiger partial charge in [0.25, 0.3) is 0 Å². The fraction of sp³-hybridized carbons (Fsp3) is 0.750. The van der Waals surface area contributed by atoms with E-state index in [9.17, 15) is 0 Å². The van der Waals surface area contributed by atoms with Crippen molar-refractivity contribution in [2.45, 2.75) is 39.8 Å². The van der Waals surface area contributed by atoms with E-state index in [1.54, 1.807) is 0 Å². The van der Waals surface area contributed by atoms with E-state index >= 15 is 0 Å². The van der Waals surface area contributed by atoms with E-state index in [4.69, 9.17) is 4.52 Å². The molecule has 0 bridgehead atoms. The highest BCUT2D eigenvalue weighted by Crippen LogP contribution is 2.09. The zero-order chi connectivity index (χ0) is 9.14. The van der Waals surface area contributed by atoms with Crippen LogP contribution in [-0.4, -0.2) is 16.2 Å². The molecule has 1 rings (SSSR count). The summed E-state index contributed by atoms with van der Waals surface area (Å²) in [6.07, 6.45) is 0. The minimum atomic E-state index is 0.131. The lowest BCUT2D eigenvalue weighted by Gasteiger charge is -2.11. The van der Waals surface area contributed by atoms with Crippen LogP contribution in [-0.2, 0) is 0 Å². The van der Waals surface area contributed by atoms with Gasteiger partial charge in [-0.25, -0.2) is 0 Å². The zero-order valence-electron chi connectivity index (χ0n) is 7.96. The van der Waals surface area contributed by atoms with Crippen molar-refractivity contribution in [2.75, 3.05) is 0 Å². The molecule has 0 aliphatic rings. The summed E-state index contributed by atoms with van der Waals surface area (Å²) < 4.78 is 5.00. The number of hydrogen-bond donors (Lipinski definition) is 1. The molecule has 1 aromatic heterocycles. The molecule has 0 saturated heterocycles. The highest BCUT2D eigenvalue weighted by molar-refractivity contribution is 4.89. The number of aromatic nitrogens is 2. The fourth-order valence-electron chi connectivity index (χ4n) is 1.06. The maximum absolute atomic E-state index is 5.00. The van der Waals surface area contributed by atoms with Gasteiger partial charge < -0.3 is 9.84 Å². The molecule has 1 atom stereocenters. The molecule has 0 fully saturated rings. The molecule has 0 spiro atoms. The summed E-state index contributed by atoms with van der Waals surface area (Å²) in [6.45, 7) is 7.99. The van der Waals surface area contributed by atoms with Crippen LogP contribution in [0.4, 0.5) is 0 Å². The van der Waals surface area contributed by atoms with Gasteiger partial charge in [-0.1, -0.05) is 19.0 Å². The first-order valence-electron chi connectivity index (χ1n) is 4.16. The molecule has 0 radical (unpaired) electrons. The van der Waals surface area contributed by atoms with Crippen molar-refractivity contribution in [1.82, 2.24) is 15.5 Å². The summed E-state index contributed by atoms with van der Waals surface area (Å²) in [6, 6.07) is 0.554. The van der Waals surface area contributed by atoms with Crippen LogP contribution in [0.15, 0.2) is 4.52 Å². The zero-order valence-corrected chi connectivity index (χ0v) is 7.96. The molecular weight excluding hydrogens is 154 g/mol. The largest absolute Gasteiger partial charge is 0.338 e. The van der Waals surface area contributed by atoms with Crippen LogP contribution in [0.3, 0.4) is 0 Å². The van der Waals surface area contributed by atoms with Gasteiger partial charge in [-0.15, -0.1) is 0 Å². The Kier molecular flexibility index (Phi) is 2.81. The SMILES string of the molecule is Cc1noc([C@H](C)NC(C)C)n1. The second-order valence-electron chi connectivity index (χ2n) is 3.22. The van der Waals surface area contributed by atoms with Crippen molar-refractivity contribution >= 4 is 0 Å². The van der Waals surface area contributed by atoms with Gasteiger partial charge in [-0.05, 0) is 13.8 Å². The fourth-order valence-corrected chi connectivity index (χ4v) is 1.06. The first kappa shape index (κ1) is 9.19. The van der Waals surface area contributed by atoms with Gasteiger partial charge in [0.05, 0.1) is 6.04 Å². The summed E-state index contributed by atoms with van der Waals surface area (Å²) in [5, 5.41) is 6.99. The summed E-state index contributed by atoms with van der Waals surface area (Å²) in [5.74, 6) is 1.34. The number of aryl methyl sites for hydroxylation is 1. The predicted molar refractivity (Wildman–Crippen MR) is 45.7 cm³/mol. The Morgan fingerprint density at radius 1 is 1.33 bits per heavy atom. The molecule has 68 valence electrons. The van der Waals surface area contributed by atoms with Crippen molar-refractivity contribution in [1.29, 1.82) is 0 Å². The smallest absolute Gasteiger partial charge is 0.243 e. The Labute approximate surface area is 72.4 Å². The van der Waals surface area contributed by atoms with E-state index in [1.807, 2.05) is 13.8 Å². The normalized spacial score (nSPS) is 13.8. The van der Waals surface area contributed by atoms with Crippen LogP contribution in [0.25, 0.3) is 0 Å². The molecule has 0 amide bonds. The second-order valence-corrected chi connectivity index (χ2v) is 3.22. The van der Waals surface area contributed by atoms with Crippen molar-refractivity contribution in [3.05, 3.63) is 11.7 Å². The van der Waals surface area contributed by atoms with E-state index in [2.05, 4.69) is 29.3 Å². The van der Waals surface area contributed by atoms with Crippen molar-refractivity contribution in [3.8, 4) is 0 Å². The van der Waals surface area contributed by atoms with E-state index < -0.39 is 0 Å². The molecule has 12 heavy (non-hydrogen) atoms. The lowest BCUT2D eigenvalue weighted by atomic mass is 10.3. The van der Waals surface area contributed by atoms with Crippen molar-refractivity contribution < 1.29 is 4.52 Å². The molecule has 0 aliphatic heterocycles. The standard InChI is InChI=1S/C8H15N3O/c1-5(2)9-6(3)8-10-7(4)11-12-8/h5-6,9H,1-4H3/t6-/m0/s1. The van der Waals surface area contributed by atoms with Gasteiger partial charge in [-0.3, -0.25) is 0 Å². The van der Waals surface area contributed by atoms with Crippen LogP contribution in [0.2, 0.25) is 0 Å². The van der Waals surface area contributed by atoms with Gasteiger partial charge in [0, 0.05) is 6.04 Å². The Hall–Kier alpha value is -0.900. The van der Waals surface area contributed by atoms with Crippen LogP contribution < -0.4 is 5.32 Å². The maximum Gasteiger partial charge on any atom is 0.243 e. The topological polar surface area (TPSA) is 51.0 Å². The van der Waals surface area contributed by atoms with Crippen LogP contribution in [0.1, 0.15) is 38.5 Å². The first-order chi connectivity index (χ1) is 5.59. The lowest BCUT2D eigenvalue weighted by molar-refractivity contribution is 0.328. The second kappa shape index (κ2) is 3.67. The van der Waals surface area contributed by atoms with Crippen molar-refractivity contribution in [2.24, 2.45) is 0 Å². The number of hydrogen-bond acceptors (Lipinski definition) is 4. The molecule has 4 heteroatoms. The van der Waals surface area contributed by atoms with E-state index in [1.165, 1.54) is 0 Å². The third kappa shape index (κ3) is 2.30. The summed E-state index contributed by atoms with van der Waals surface area (Å²) in [4.78, 5) is 4.12. The maximum atomic E-state index is 5.00. The van der Waals surface area contributed by atoms with E-state index in [-0.39, 0.29) is 6.04 Å². The number of rotatable bonds is 3. The monoisotopic (exact) mass is 169 g/mol. The van der Waals surface area contributed by atoms with Gasteiger partial charge in [0.1, 0.15) is 0 Å². The third-order valence-corrected chi connectivity index (χ3v) is 1.50. The molecule has 0 aliphatic carbocycles. The average molecular weight is 169 g/mol. The average Bonchev–Trinajstić information content (AvgIpc) is 2.34. The van der Waals surface area contributed by atoms with E-state index in [0.717, 1.165) is 0 Å². The molecule has 1 N–H and O–H groups in total. The summed E-state index contributed by atoms with van der Waals surface area (Å²) in [7, 11) is 0. The quantitative estimate of drug-likeness (QED) is 0.743. The number of nitrogens with one attached hydrogen (secondary N) is 1. The van der Waals surface area contributed by atoms with Gasteiger partial charge in [0.2, 0.25) is 5.89 Å². The Bertz CT molecular complexity index is 244. The minimum Gasteiger partial charge on any atom is -0.338 e. The van der Waals surface area contributed by atoms with Crippen LogP contribution in [0.5, 0.6) is 0 Å². The molecular formula is C8H15N3O.